The Kier molecular flexibility index (Phi) is 4.45. The fraction of sp³-hybridized carbons (Fsp3) is 1.00. The smallest absolute Gasteiger partial charge is 0.168 e. The molecule has 0 radical (unpaired) electrons. The molecule has 1 spiro atoms. The number of hydrogen-bond acceptors (Lipinski definition) is 3. The van der Waals surface area contributed by atoms with Crippen molar-refractivity contribution in [1.82, 2.24) is 0 Å². The van der Waals surface area contributed by atoms with Crippen LogP contribution in [0.1, 0.15) is 51.4 Å². The molecule has 110 valence electrons. The Labute approximate surface area is 117 Å². The Morgan fingerprint density at radius 2 is 1.47 bits per heavy atom. The van der Waals surface area contributed by atoms with E-state index in [0.717, 1.165) is 50.4 Å². The Morgan fingerprint density at radius 3 is 2.05 bits per heavy atom. The molecule has 0 unspecified atom stereocenters. The molecule has 1 heterocycles. The second kappa shape index (κ2) is 6.11. The average molecular weight is 268 g/mol. The Balaban J connectivity index is 1.44. The summed E-state index contributed by atoms with van der Waals surface area (Å²) in [6.07, 6.45) is 10.4. The third-order valence-corrected chi connectivity index (χ3v) is 5.57. The first-order chi connectivity index (χ1) is 9.31. The van der Waals surface area contributed by atoms with Gasteiger partial charge < -0.3 is 14.2 Å². The van der Waals surface area contributed by atoms with Gasteiger partial charge in [-0.1, -0.05) is 0 Å². The Bertz CT molecular complexity index is 268. The number of ether oxygens (including phenoxy) is 3. The van der Waals surface area contributed by atoms with Crippen LogP contribution in [0.4, 0.5) is 0 Å². The molecule has 1 aliphatic heterocycles. The van der Waals surface area contributed by atoms with E-state index < -0.39 is 0 Å². The van der Waals surface area contributed by atoms with E-state index in [2.05, 4.69) is 0 Å². The third kappa shape index (κ3) is 3.14. The molecule has 0 atom stereocenters. The Morgan fingerprint density at radius 1 is 0.895 bits per heavy atom. The van der Waals surface area contributed by atoms with Crippen molar-refractivity contribution in [3.05, 3.63) is 0 Å². The second-order valence-electron chi connectivity index (χ2n) is 6.68. The highest BCUT2D eigenvalue weighted by Crippen LogP contribution is 2.44. The molecule has 3 heteroatoms. The molecule has 0 aromatic rings. The largest absolute Gasteiger partial charge is 0.384 e. The van der Waals surface area contributed by atoms with Crippen molar-refractivity contribution in [3.8, 4) is 0 Å². The van der Waals surface area contributed by atoms with Gasteiger partial charge in [0.25, 0.3) is 0 Å². The number of rotatable bonds is 3. The van der Waals surface area contributed by atoms with Gasteiger partial charge in [-0.15, -0.1) is 0 Å². The van der Waals surface area contributed by atoms with E-state index in [1.54, 1.807) is 0 Å². The van der Waals surface area contributed by atoms with E-state index in [1.165, 1.54) is 38.5 Å². The lowest BCUT2D eigenvalue weighted by molar-refractivity contribution is -0.185. The van der Waals surface area contributed by atoms with Crippen LogP contribution in [0.2, 0.25) is 0 Å². The van der Waals surface area contributed by atoms with Crippen molar-refractivity contribution in [2.24, 2.45) is 17.8 Å². The maximum absolute atomic E-state index is 5.83. The van der Waals surface area contributed by atoms with Crippen LogP contribution >= 0.6 is 0 Å². The molecule has 3 aliphatic rings. The van der Waals surface area contributed by atoms with Gasteiger partial charge in [-0.05, 0) is 56.3 Å². The summed E-state index contributed by atoms with van der Waals surface area (Å²) in [5, 5.41) is 0. The minimum atomic E-state index is -0.177. The van der Waals surface area contributed by atoms with E-state index in [1.807, 2.05) is 7.11 Å². The topological polar surface area (TPSA) is 27.7 Å². The normalized spacial score (nSPS) is 35.8. The molecular weight excluding hydrogens is 240 g/mol. The van der Waals surface area contributed by atoms with Crippen molar-refractivity contribution >= 4 is 0 Å². The van der Waals surface area contributed by atoms with Crippen LogP contribution in [0.3, 0.4) is 0 Å². The van der Waals surface area contributed by atoms with E-state index in [-0.39, 0.29) is 5.79 Å². The van der Waals surface area contributed by atoms with Gasteiger partial charge in [0.2, 0.25) is 0 Å². The lowest BCUT2D eigenvalue weighted by atomic mass is 9.70. The summed E-state index contributed by atoms with van der Waals surface area (Å²) >= 11 is 0. The molecule has 3 nitrogen and oxygen atoms in total. The lowest BCUT2D eigenvalue weighted by Crippen LogP contribution is -2.37. The zero-order valence-corrected chi connectivity index (χ0v) is 12.2. The molecule has 0 amide bonds. The highest BCUT2D eigenvalue weighted by Gasteiger charge is 2.42. The van der Waals surface area contributed by atoms with Gasteiger partial charge in [0.15, 0.2) is 5.79 Å². The molecule has 0 aromatic carbocycles. The summed E-state index contributed by atoms with van der Waals surface area (Å²) in [7, 11) is 1.83. The number of hydrogen-bond donors (Lipinski definition) is 0. The van der Waals surface area contributed by atoms with Crippen molar-refractivity contribution in [3.63, 3.8) is 0 Å². The zero-order valence-electron chi connectivity index (χ0n) is 12.2. The van der Waals surface area contributed by atoms with Crippen LogP contribution in [0.25, 0.3) is 0 Å². The molecule has 0 bridgehead atoms. The van der Waals surface area contributed by atoms with Crippen molar-refractivity contribution in [2.45, 2.75) is 57.2 Å². The summed E-state index contributed by atoms with van der Waals surface area (Å²) in [6.45, 7) is 2.56. The summed E-state index contributed by atoms with van der Waals surface area (Å²) in [5.41, 5.74) is 0. The summed E-state index contributed by atoms with van der Waals surface area (Å²) in [5.74, 6) is 2.51. The standard InChI is InChI=1S/C16H28O3/c1-17-12-13-2-4-14(5-3-13)15-6-8-16(9-7-15)18-10-11-19-16/h13-15H,2-12H2,1H3/t13-,14-. The quantitative estimate of drug-likeness (QED) is 0.785. The summed E-state index contributed by atoms with van der Waals surface area (Å²) < 4.78 is 16.9. The average Bonchev–Trinajstić information content (AvgIpc) is 2.90. The highest BCUT2D eigenvalue weighted by atomic mass is 16.7. The Hall–Kier alpha value is -0.120. The molecular formula is C16H28O3. The fourth-order valence-corrected chi connectivity index (χ4v) is 4.40. The van der Waals surface area contributed by atoms with Gasteiger partial charge in [-0.2, -0.15) is 0 Å². The molecule has 3 fully saturated rings. The second-order valence-corrected chi connectivity index (χ2v) is 6.68. The van der Waals surface area contributed by atoms with E-state index in [9.17, 15) is 0 Å². The van der Waals surface area contributed by atoms with Crippen LogP contribution in [0, 0.1) is 17.8 Å². The summed E-state index contributed by atoms with van der Waals surface area (Å²) in [6, 6.07) is 0. The first kappa shape index (κ1) is 13.8. The molecule has 2 aliphatic carbocycles. The first-order valence-corrected chi connectivity index (χ1v) is 8.08. The van der Waals surface area contributed by atoms with Crippen LogP contribution in [-0.2, 0) is 14.2 Å². The lowest BCUT2D eigenvalue weighted by Gasteiger charge is -2.40. The van der Waals surface area contributed by atoms with Gasteiger partial charge >= 0.3 is 0 Å². The molecule has 1 saturated heterocycles. The molecule has 3 rings (SSSR count). The number of methoxy groups -OCH3 is 1. The third-order valence-electron chi connectivity index (χ3n) is 5.57. The van der Waals surface area contributed by atoms with Crippen LogP contribution in [0.5, 0.6) is 0 Å². The van der Waals surface area contributed by atoms with Crippen LogP contribution in [-0.4, -0.2) is 32.7 Å². The maximum atomic E-state index is 5.83. The van der Waals surface area contributed by atoms with Crippen molar-refractivity contribution in [1.29, 1.82) is 0 Å². The summed E-state index contributed by atoms with van der Waals surface area (Å²) in [4.78, 5) is 0. The predicted molar refractivity (Wildman–Crippen MR) is 73.9 cm³/mol. The zero-order chi connectivity index (χ0) is 13.1. The molecule has 19 heavy (non-hydrogen) atoms. The molecule has 2 saturated carbocycles. The van der Waals surface area contributed by atoms with Gasteiger partial charge in [-0.3, -0.25) is 0 Å². The molecule has 0 N–H and O–H groups in total. The fourth-order valence-electron chi connectivity index (χ4n) is 4.40. The van der Waals surface area contributed by atoms with E-state index in [0.29, 0.717) is 0 Å². The minimum absolute atomic E-state index is 0.177. The maximum Gasteiger partial charge on any atom is 0.168 e. The first-order valence-electron chi connectivity index (χ1n) is 8.08. The minimum Gasteiger partial charge on any atom is -0.384 e. The van der Waals surface area contributed by atoms with Gasteiger partial charge in [-0.25, -0.2) is 0 Å². The van der Waals surface area contributed by atoms with Gasteiger partial charge in [0, 0.05) is 26.6 Å². The van der Waals surface area contributed by atoms with E-state index >= 15 is 0 Å². The monoisotopic (exact) mass is 268 g/mol. The van der Waals surface area contributed by atoms with Crippen molar-refractivity contribution < 1.29 is 14.2 Å². The highest BCUT2D eigenvalue weighted by molar-refractivity contribution is 4.87. The molecule has 0 aromatic heterocycles. The van der Waals surface area contributed by atoms with Gasteiger partial charge in [0.05, 0.1) is 13.2 Å². The van der Waals surface area contributed by atoms with Gasteiger partial charge in [0.1, 0.15) is 0 Å². The van der Waals surface area contributed by atoms with E-state index in [4.69, 9.17) is 14.2 Å². The van der Waals surface area contributed by atoms with Crippen molar-refractivity contribution in [2.75, 3.05) is 26.9 Å². The van der Waals surface area contributed by atoms with Crippen LogP contribution in [0.15, 0.2) is 0 Å². The SMILES string of the molecule is COC[C@H]1CC[C@H](C2CCC3(CC2)OCCO3)CC1. The predicted octanol–water partition coefficient (Wildman–Crippen LogP) is 3.37. The van der Waals surface area contributed by atoms with Crippen LogP contribution < -0.4 is 0 Å².